The molecule has 1 amide bonds. The molecule has 3 aromatic rings. The van der Waals surface area contributed by atoms with Gasteiger partial charge in [0.05, 0.1) is 21.5 Å². The minimum Gasteiger partial charge on any atom is -0.748 e. The summed E-state index contributed by atoms with van der Waals surface area (Å²) >= 11 is 1.29. The largest absolute Gasteiger partial charge is 1.00 e. The number of aryl methyl sites for hydroxylation is 1. The van der Waals surface area contributed by atoms with E-state index in [4.69, 9.17) is 0 Å². The smallest absolute Gasteiger partial charge is 0.748 e. The van der Waals surface area contributed by atoms with Gasteiger partial charge in [0.25, 0.3) is 0 Å². The topological polar surface area (TPSA) is 182 Å². The molecule has 0 aliphatic carbocycles. The zero-order valence-electron chi connectivity index (χ0n) is 23.6. The molecule has 13 nitrogen and oxygen atoms in total. The fourth-order valence-electron chi connectivity index (χ4n) is 3.74. The van der Waals surface area contributed by atoms with Gasteiger partial charge in [0.2, 0.25) is 11.0 Å². The van der Waals surface area contributed by atoms with E-state index in [-0.39, 0.29) is 53.3 Å². The Labute approximate surface area is 259 Å². The second-order valence-corrected chi connectivity index (χ2v) is 12.4. The third-order valence-corrected chi connectivity index (χ3v) is 7.10. The Kier molecular flexibility index (Phi) is 11.5. The molecule has 0 spiro atoms. The monoisotopic (exact) mass is 595 g/mol. The van der Waals surface area contributed by atoms with Crippen molar-refractivity contribution in [1.29, 1.82) is 5.26 Å². The number of nitrogens with zero attached hydrogens (tertiary/aromatic N) is 8. The van der Waals surface area contributed by atoms with E-state index in [9.17, 15) is 23.0 Å². The van der Waals surface area contributed by atoms with Gasteiger partial charge in [-0.3, -0.25) is 4.79 Å². The van der Waals surface area contributed by atoms with Crippen molar-refractivity contribution in [1.82, 2.24) is 20.0 Å². The molecule has 0 aliphatic heterocycles. The summed E-state index contributed by atoms with van der Waals surface area (Å²) in [5.41, 5.74) is 1.72. The molecule has 1 aromatic carbocycles. The first-order chi connectivity index (χ1) is 18.2. The number of rotatable bonds is 10. The number of anilines is 2. The first-order valence-corrected chi connectivity index (χ1v) is 14.5. The van der Waals surface area contributed by atoms with Crippen molar-refractivity contribution in [3.8, 4) is 11.2 Å². The van der Waals surface area contributed by atoms with Crippen molar-refractivity contribution in [3.63, 3.8) is 0 Å². The molecule has 0 fully saturated rings. The van der Waals surface area contributed by atoms with Crippen LogP contribution in [0.5, 0.6) is 0 Å². The predicted octanol–water partition coefficient (Wildman–Crippen LogP) is 1.34. The second kappa shape index (κ2) is 13.7. The van der Waals surface area contributed by atoms with Gasteiger partial charge in [0.1, 0.15) is 22.3 Å². The number of hydrogen-bond donors (Lipinski definition) is 1. The Hall–Kier alpha value is -2.74. The number of azo groups is 1. The van der Waals surface area contributed by atoms with E-state index in [1.807, 2.05) is 39.5 Å². The summed E-state index contributed by atoms with van der Waals surface area (Å²) in [7, 11) is -4.31. The summed E-state index contributed by atoms with van der Waals surface area (Å²) in [6.07, 6.45) is 0.165. The van der Waals surface area contributed by atoms with E-state index < -0.39 is 21.3 Å². The fourth-order valence-corrected chi connectivity index (χ4v) is 4.86. The van der Waals surface area contributed by atoms with Crippen LogP contribution in [0.25, 0.3) is 5.13 Å². The van der Waals surface area contributed by atoms with Crippen LogP contribution in [0, 0.1) is 18.3 Å². The number of amides is 1. The Morgan fingerprint density at radius 2 is 1.98 bits per heavy atom. The minimum absolute atomic E-state index is 0. The number of aromatic nitrogens is 4. The number of hydrogen-bond acceptors (Lipinski definition) is 12. The Balaban J connectivity index is 0.00000560. The molecular formula is C24H30N9NaO4S2. The van der Waals surface area contributed by atoms with Gasteiger partial charge >= 0.3 is 29.6 Å². The van der Waals surface area contributed by atoms with Crippen molar-refractivity contribution >= 4 is 50.2 Å². The SMILES string of the molecule is CCN(CCCS(=O)(=O)[O-])c1ccc(N=Nc2c(C#N)c(C(C)(C)C)nn2-c2nnc(C)s2)c(NC(C)=O)c1.[Na+]. The molecular weight excluding hydrogens is 565 g/mol. The first-order valence-electron chi connectivity index (χ1n) is 12.1. The normalized spacial score (nSPS) is 11.8. The summed E-state index contributed by atoms with van der Waals surface area (Å²) < 4.78 is 34.4. The van der Waals surface area contributed by atoms with Crippen LogP contribution in [0.15, 0.2) is 28.4 Å². The molecule has 0 atom stereocenters. The summed E-state index contributed by atoms with van der Waals surface area (Å²) in [4.78, 5) is 13.8. The predicted molar refractivity (Wildman–Crippen MR) is 147 cm³/mol. The summed E-state index contributed by atoms with van der Waals surface area (Å²) in [5.74, 6) is -0.606. The Morgan fingerprint density at radius 3 is 2.50 bits per heavy atom. The van der Waals surface area contributed by atoms with Crippen LogP contribution in [0.2, 0.25) is 0 Å². The van der Waals surface area contributed by atoms with Crippen molar-refractivity contribution in [3.05, 3.63) is 34.5 Å². The zero-order chi connectivity index (χ0) is 29.0. The minimum atomic E-state index is -4.31. The molecule has 2 heterocycles. The molecule has 208 valence electrons. The molecule has 0 bridgehead atoms. The number of nitriles is 1. The van der Waals surface area contributed by atoms with Gasteiger partial charge in [0, 0.05) is 36.9 Å². The van der Waals surface area contributed by atoms with E-state index in [1.165, 1.54) is 22.9 Å². The van der Waals surface area contributed by atoms with Crippen LogP contribution in [0.3, 0.4) is 0 Å². The summed E-state index contributed by atoms with van der Waals surface area (Å²) in [6.45, 7) is 11.7. The van der Waals surface area contributed by atoms with Crippen molar-refractivity contribution in [2.45, 2.75) is 53.4 Å². The van der Waals surface area contributed by atoms with Crippen molar-refractivity contribution in [2.24, 2.45) is 10.2 Å². The van der Waals surface area contributed by atoms with Gasteiger partial charge in [0.15, 0.2) is 5.82 Å². The Bertz CT molecular complexity index is 1540. The molecule has 0 saturated carbocycles. The van der Waals surface area contributed by atoms with Gasteiger partial charge in [-0.05, 0) is 38.5 Å². The quantitative estimate of drug-likeness (QED) is 0.205. The molecule has 3 rings (SSSR count). The van der Waals surface area contributed by atoms with Gasteiger partial charge in [-0.25, -0.2) is 8.42 Å². The first kappa shape index (κ1) is 33.5. The molecule has 16 heteroatoms. The molecule has 0 radical (unpaired) electrons. The van der Waals surface area contributed by atoms with Crippen LogP contribution < -0.4 is 39.8 Å². The third kappa shape index (κ3) is 8.63. The second-order valence-electron chi connectivity index (χ2n) is 9.70. The number of carbonyl (C=O) groups is 1. The van der Waals surface area contributed by atoms with Crippen LogP contribution in [-0.4, -0.2) is 57.7 Å². The molecule has 2 aromatic heterocycles. The van der Waals surface area contributed by atoms with Crippen molar-refractivity contribution in [2.75, 3.05) is 29.1 Å². The maximum Gasteiger partial charge on any atom is 1.00 e. The van der Waals surface area contributed by atoms with E-state index in [2.05, 4.69) is 36.9 Å². The number of nitrogens with one attached hydrogen (secondary N) is 1. The van der Waals surface area contributed by atoms with Gasteiger partial charge in [-0.2, -0.15) is 15.0 Å². The van der Waals surface area contributed by atoms with E-state index in [0.29, 0.717) is 41.0 Å². The van der Waals surface area contributed by atoms with Gasteiger partial charge < -0.3 is 14.8 Å². The fraction of sp³-hybridized carbons (Fsp3) is 0.458. The van der Waals surface area contributed by atoms with Gasteiger partial charge in [-0.15, -0.1) is 20.4 Å². The molecule has 0 saturated heterocycles. The molecule has 0 unspecified atom stereocenters. The van der Waals surface area contributed by atoms with Crippen LogP contribution in [-0.2, 0) is 20.3 Å². The number of carbonyl (C=O) groups excluding carboxylic acids is 1. The van der Waals surface area contributed by atoms with Gasteiger partial charge in [-0.1, -0.05) is 32.1 Å². The van der Waals surface area contributed by atoms with E-state index in [1.54, 1.807) is 18.2 Å². The van der Waals surface area contributed by atoms with Crippen LogP contribution in [0.4, 0.5) is 22.9 Å². The number of benzene rings is 1. The molecule has 1 N–H and O–H groups in total. The Morgan fingerprint density at radius 1 is 1.27 bits per heavy atom. The van der Waals surface area contributed by atoms with Crippen LogP contribution in [0.1, 0.15) is 57.3 Å². The van der Waals surface area contributed by atoms with Crippen molar-refractivity contribution < 1.29 is 47.3 Å². The average Bonchev–Trinajstić information content (AvgIpc) is 3.43. The third-order valence-electron chi connectivity index (χ3n) is 5.49. The molecule has 0 aliphatic rings. The van der Waals surface area contributed by atoms with E-state index in [0.717, 1.165) is 5.01 Å². The summed E-state index contributed by atoms with van der Waals surface area (Å²) in [5, 5.41) is 35.4. The van der Waals surface area contributed by atoms with Crippen LogP contribution >= 0.6 is 11.3 Å². The standard InChI is InChI=1S/C24H31N9O4S2.Na/c1-7-32(11-8-12-39(35,36)37)17-9-10-19(20(13-17)26-15(2)34)28-29-22-18(14-25)21(24(4,5)6)31-33(22)23-30-27-16(3)38-23;/h9-10,13H,7-8,11-12H2,1-6H3,(H,26,34)(H,35,36,37);/q;+1/p-1. The summed E-state index contributed by atoms with van der Waals surface area (Å²) in [6, 6.07) is 7.30. The average molecular weight is 596 g/mol. The molecule has 40 heavy (non-hydrogen) atoms. The zero-order valence-corrected chi connectivity index (χ0v) is 27.2. The maximum absolute atomic E-state index is 12.0. The maximum atomic E-state index is 12.0. The van der Waals surface area contributed by atoms with E-state index >= 15 is 0 Å².